The largest absolute Gasteiger partial charge is 0.350 e. The molecule has 4 rings (SSSR count). The number of aromatic nitrogens is 1. The molecule has 2 heterocycles. The fraction of sp³-hybridized carbons (Fsp3) is 0.476. The third-order valence-corrected chi connectivity index (χ3v) is 5.58. The first-order chi connectivity index (χ1) is 13.1. The van der Waals surface area contributed by atoms with Gasteiger partial charge in [-0.15, -0.1) is 0 Å². The topological polar surface area (TPSA) is 75.4 Å². The van der Waals surface area contributed by atoms with E-state index >= 15 is 0 Å². The molecule has 1 aromatic heterocycles. The Morgan fingerprint density at radius 3 is 2.56 bits per heavy atom. The minimum Gasteiger partial charge on any atom is -0.350 e. The number of rotatable bonds is 3. The molecular formula is C21H25N3O3. The molecule has 1 aliphatic carbocycles. The highest BCUT2D eigenvalue weighted by Crippen LogP contribution is 2.24. The summed E-state index contributed by atoms with van der Waals surface area (Å²) in [4.78, 5) is 27.1. The molecule has 0 saturated carbocycles. The van der Waals surface area contributed by atoms with Crippen LogP contribution in [0, 0.1) is 6.92 Å². The van der Waals surface area contributed by atoms with Crippen molar-refractivity contribution in [1.82, 2.24) is 15.4 Å². The first-order valence-corrected chi connectivity index (χ1v) is 9.76. The van der Waals surface area contributed by atoms with Crippen molar-refractivity contribution in [1.29, 1.82) is 0 Å². The standard InChI is InChI=1S/C21H25N3O3/c1-14-6-8-15(9-7-14)21(26)24-12-10-16(11-13-24)22-20(25)19-17-4-2-3-5-18(17)23-27-19/h6-9,16H,2-5,10-13H2,1H3,(H,22,25). The number of piperidine rings is 1. The molecule has 2 aliphatic rings. The lowest BCUT2D eigenvalue weighted by molar-refractivity contribution is 0.0695. The summed E-state index contributed by atoms with van der Waals surface area (Å²) in [7, 11) is 0. The number of amides is 2. The van der Waals surface area contributed by atoms with Crippen molar-refractivity contribution in [2.45, 2.75) is 51.5 Å². The van der Waals surface area contributed by atoms with Gasteiger partial charge in [-0.2, -0.15) is 0 Å². The molecule has 1 fully saturated rings. The van der Waals surface area contributed by atoms with Crippen LogP contribution in [-0.2, 0) is 12.8 Å². The van der Waals surface area contributed by atoms with E-state index in [9.17, 15) is 9.59 Å². The molecule has 1 saturated heterocycles. The molecule has 0 bridgehead atoms. The number of benzene rings is 1. The molecule has 1 aromatic carbocycles. The first-order valence-electron chi connectivity index (χ1n) is 9.76. The molecule has 1 N–H and O–H groups in total. The van der Waals surface area contributed by atoms with Crippen LogP contribution in [0.4, 0.5) is 0 Å². The van der Waals surface area contributed by atoms with E-state index < -0.39 is 0 Å². The van der Waals surface area contributed by atoms with Crippen molar-refractivity contribution >= 4 is 11.8 Å². The molecule has 1 aliphatic heterocycles. The van der Waals surface area contributed by atoms with Gasteiger partial charge in [-0.25, -0.2) is 0 Å². The summed E-state index contributed by atoms with van der Waals surface area (Å²) in [6.07, 6.45) is 5.44. The molecule has 6 heteroatoms. The Bertz CT molecular complexity index is 833. The second-order valence-electron chi connectivity index (χ2n) is 7.55. The maximum Gasteiger partial charge on any atom is 0.290 e. The van der Waals surface area contributed by atoms with Crippen LogP contribution in [0.3, 0.4) is 0 Å². The first kappa shape index (κ1) is 17.8. The van der Waals surface area contributed by atoms with Gasteiger partial charge >= 0.3 is 0 Å². The van der Waals surface area contributed by atoms with Gasteiger partial charge < -0.3 is 14.7 Å². The molecule has 2 aromatic rings. The van der Waals surface area contributed by atoms with Crippen molar-refractivity contribution in [2.24, 2.45) is 0 Å². The lowest BCUT2D eigenvalue weighted by Gasteiger charge is -2.32. The third-order valence-electron chi connectivity index (χ3n) is 5.58. The zero-order valence-corrected chi connectivity index (χ0v) is 15.7. The van der Waals surface area contributed by atoms with E-state index in [1.807, 2.05) is 36.1 Å². The van der Waals surface area contributed by atoms with Crippen LogP contribution in [0.25, 0.3) is 0 Å². The highest BCUT2D eigenvalue weighted by molar-refractivity contribution is 5.94. The van der Waals surface area contributed by atoms with Gasteiger partial charge in [-0.3, -0.25) is 9.59 Å². The van der Waals surface area contributed by atoms with Crippen LogP contribution in [0.5, 0.6) is 0 Å². The number of likely N-dealkylation sites (tertiary alicyclic amines) is 1. The van der Waals surface area contributed by atoms with Gasteiger partial charge in [0.05, 0.1) is 5.69 Å². The predicted molar refractivity (Wildman–Crippen MR) is 101 cm³/mol. The zero-order valence-electron chi connectivity index (χ0n) is 15.7. The van der Waals surface area contributed by atoms with Crippen LogP contribution in [0.2, 0.25) is 0 Å². The molecule has 0 unspecified atom stereocenters. The average molecular weight is 367 g/mol. The fourth-order valence-electron chi connectivity index (χ4n) is 3.93. The number of nitrogens with one attached hydrogen (secondary N) is 1. The number of nitrogens with zero attached hydrogens (tertiary/aromatic N) is 2. The Hall–Kier alpha value is -2.63. The normalized spacial score (nSPS) is 17.4. The monoisotopic (exact) mass is 367 g/mol. The van der Waals surface area contributed by atoms with Crippen LogP contribution in [-0.4, -0.2) is 41.0 Å². The van der Waals surface area contributed by atoms with Gasteiger partial charge in [0.1, 0.15) is 0 Å². The minimum atomic E-state index is -0.172. The van der Waals surface area contributed by atoms with Crippen molar-refractivity contribution < 1.29 is 14.1 Å². The van der Waals surface area contributed by atoms with E-state index in [4.69, 9.17) is 4.52 Å². The Kier molecular flexibility index (Phi) is 4.97. The second kappa shape index (κ2) is 7.55. The number of hydrogen-bond donors (Lipinski definition) is 1. The number of aryl methyl sites for hydroxylation is 2. The molecule has 142 valence electrons. The van der Waals surface area contributed by atoms with Gasteiger partial charge in [0.15, 0.2) is 0 Å². The fourth-order valence-corrected chi connectivity index (χ4v) is 3.93. The summed E-state index contributed by atoms with van der Waals surface area (Å²) >= 11 is 0. The van der Waals surface area contributed by atoms with Gasteiger partial charge in [-0.05, 0) is 57.6 Å². The zero-order chi connectivity index (χ0) is 18.8. The van der Waals surface area contributed by atoms with Crippen LogP contribution in [0.15, 0.2) is 28.8 Å². The Labute approximate surface area is 158 Å². The van der Waals surface area contributed by atoms with Gasteiger partial charge in [0.2, 0.25) is 5.76 Å². The molecule has 0 radical (unpaired) electrons. The Morgan fingerprint density at radius 2 is 1.81 bits per heavy atom. The molecule has 6 nitrogen and oxygen atoms in total. The number of carbonyl (C=O) groups excluding carboxylic acids is 2. The summed E-state index contributed by atoms with van der Waals surface area (Å²) in [5, 5.41) is 7.12. The van der Waals surface area contributed by atoms with Crippen LogP contribution in [0.1, 0.15) is 63.4 Å². The molecular weight excluding hydrogens is 342 g/mol. The summed E-state index contributed by atoms with van der Waals surface area (Å²) in [6.45, 7) is 3.30. The van der Waals surface area contributed by atoms with E-state index in [0.29, 0.717) is 18.8 Å². The van der Waals surface area contributed by atoms with Crippen molar-refractivity contribution in [3.63, 3.8) is 0 Å². The lowest BCUT2D eigenvalue weighted by atomic mass is 9.95. The van der Waals surface area contributed by atoms with Gasteiger partial charge in [0, 0.05) is 30.3 Å². The predicted octanol–water partition coefficient (Wildman–Crippen LogP) is 2.90. The second-order valence-corrected chi connectivity index (χ2v) is 7.55. The highest BCUT2D eigenvalue weighted by atomic mass is 16.5. The van der Waals surface area contributed by atoms with Crippen LogP contribution < -0.4 is 5.32 Å². The van der Waals surface area contributed by atoms with Crippen LogP contribution >= 0.6 is 0 Å². The van der Waals surface area contributed by atoms with E-state index in [1.54, 1.807) is 0 Å². The maximum atomic E-state index is 12.6. The summed E-state index contributed by atoms with van der Waals surface area (Å²) < 4.78 is 5.32. The summed E-state index contributed by atoms with van der Waals surface area (Å²) in [5.41, 5.74) is 3.77. The number of carbonyl (C=O) groups is 2. The highest BCUT2D eigenvalue weighted by Gasteiger charge is 2.28. The van der Waals surface area contributed by atoms with E-state index in [1.165, 1.54) is 0 Å². The summed E-state index contributed by atoms with van der Waals surface area (Å²) in [6, 6.07) is 7.72. The van der Waals surface area contributed by atoms with Crippen molar-refractivity contribution in [3.05, 3.63) is 52.4 Å². The SMILES string of the molecule is Cc1ccc(C(=O)N2CCC(NC(=O)c3onc4c3CCCC4)CC2)cc1. The van der Waals surface area contributed by atoms with E-state index in [2.05, 4.69) is 10.5 Å². The molecule has 2 amide bonds. The Balaban J connectivity index is 1.33. The van der Waals surface area contributed by atoms with Crippen molar-refractivity contribution in [2.75, 3.05) is 13.1 Å². The van der Waals surface area contributed by atoms with E-state index in [0.717, 1.165) is 60.9 Å². The molecule has 27 heavy (non-hydrogen) atoms. The lowest BCUT2D eigenvalue weighted by Crippen LogP contribution is -2.46. The maximum absolute atomic E-state index is 12.6. The average Bonchev–Trinajstić information content (AvgIpc) is 3.13. The smallest absolute Gasteiger partial charge is 0.290 e. The molecule has 0 atom stereocenters. The number of hydrogen-bond acceptors (Lipinski definition) is 4. The van der Waals surface area contributed by atoms with Crippen molar-refractivity contribution in [3.8, 4) is 0 Å². The minimum absolute atomic E-state index is 0.0592. The van der Waals surface area contributed by atoms with Gasteiger partial charge in [0.25, 0.3) is 11.8 Å². The van der Waals surface area contributed by atoms with E-state index in [-0.39, 0.29) is 17.9 Å². The van der Waals surface area contributed by atoms with Gasteiger partial charge in [-0.1, -0.05) is 22.9 Å². The quantitative estimate of drug-likeness (QED) is 0.905. The number of fused-ring (bicyclic) bond motifs is 1. The molecule has 0 spiro atoms. The Morgan fingerprint density at radius 1 is 1.11 bits per heavy atom. The third kappa shape index (κ3) is 3.75. The summed E-state index contributed by atoms with van der Waals surface area (Å²) in [5.74, 6) is 0.265.